The first-order chi connectivity index (χ1) is 11.6. The molecule has 7 heteroatoms. The summed E-state index contributed by atoms with van der Waals surface area (Å²) in [6, 6.07) is 12.4. The molecule has 0 fully saturated rings. The van der Waals surface area contributed by atoms with E-state index in [-0.39, 0.29) is 5.91 Å². The fourth-order valence-electron chi connectivity index (χ4n) is 2.26. The molecule has 0 aliphatic rings. The molecule has 0 radical (unpaired) electrons. The zero-order valence-corrected chi connectivity index (χ0v) is 13.2. The Balaban J connectivity index is 1.74. The molecule has 0 aliphatic heterocycles. The quantitative estimate of drug-likeness (QED) is 0.775. The number of anilines is 2. The van der Waals surface area contributed by atoms with Gasteiger partial charge < -0.3 is 14.5 Å². The van der Waals surface area contributed by atoms with Crippen molar-refractivity contribution in [2.24, 2.45) is 0 Å². The number of benzene rings is 1. The Morgan fingerprint density at radius 1 is 1.04 bits per heavy atom. The fraction of sp³-hybridized carbons (Fsp3) is 0.118. The number of imidazole rings is 1. The van der Waals surface area contributed by atoms with Crippen molar-refractivity contribution in [3.8, 4) is 0 Å². The summed E-state index contributed by atoms with van der Waals surface area (Å²) in [5, 5.41) is 5.31. The highest BCUT2D eigenvalue weighted by Gasteiger charge is 2.12. The van der Waals surface area contributed by atoms with Crippen LogP contribution in [0.5, 0.6) is 0 Å². The number of rotatable bonds is 3. The highest BCUT2D eigenvalue weighted by molar-refractivity contribution is 6.03. The van der Waals surface area contributed by atoms with Gasteiger partial charge in [0.2, 0.25) is 0 Å². The molecule has 0 spiro atoms. The van der Waals surface area contributed by atoms with Gasteiger partial charge in [-0.3, -0.25) is 10.1 Å². The predicted octanol–water partition coefficient (Wildman–Crippen LogP) is 3.07. The summed E-state index contributed by atoms with van der Waals surface area (Å²) in [6.07, 6.45) is 1.15. The topological polar surface area (TPSA) is 84.7 Å². The molecule has 1 aromatic carbocycles. The highest BCUT2D eigenvalue weighted by atomic mass is 16.5. The highest BCUT2D eigenvalue weighted by Crippen LogP contribution is 2.15. The number of hydrogen-bond acceptors (Lipinski definition) is 4. The van der Waals surface area contributed by atoms with Gasteiger partial charge >= 0.3 is 6.09 Å². The summed E-state index contributed by atoms with van der Waals surface area (Å²) < 4.78 is 6.37. The summed E-state index contributed by atoms with van der Waals surface area (Å²) in [6.45, 7) is 1.95. The van der Waals surface area contributed by atoms with Crippen LogP contribution in [0.15, 0.2) is 48.7 Å². The van der Waals surface area contributed by atoms with Crippen molar-refractivity contribution in [2.45, 2.75) is 6.92 Å². The smallest absolute Gasteiger partial charge is 0.411 e. The van der Waals surface area contributed by atoms with Gasteiger partial charge in [0, 0.05) is 23.3 Å². The van der Waals surface area contributed by atoms with Crippen molar-refractivity contribution < 1.29 is 14.3 Å². The number of amides is 2. The Kier molecular flexibility index (Phi) is 4.15. The molecule has 0 saturated heterocycles. The monoisotopic (exact) mass is 324 g/mol. The molecule has 0 bridgehead atoms. The summed E-state index contributed by atoms with van der Waals surface area (Å²) in [7, 11) is 1.29. The minimum atomic E-state index is -0.549. The van der Waals surface area contributed by atoms with Gasteiger partial charge in [-0.2, -0.15) is 0 Å². The van der Waals surface area contributed by atoms with Gasteiger partial charge in [0.1, 0.15) is 11.3 Å². The Morgan fingerprint density at radius 3 is 2.33 bits per heavy atom. The minimum absolute atomic E-state index is 0.299. The Morgan fingerprint density at radius 2 is 1.71 bits per heavy atom. The molecule has 0 atom stereocenters. The van der Waals surface area contributed by atoms with Gasteiger partial charge in [0.05, 0.1) is 7.11 Å². The zero-order chi connectivity index (χ0) is 17.1. The van der Waals surface area contributed by atoms with Gasteiger partial charge in [-0.05, 0) is 43.3 Å². The van der Waals surface area contributed by atoms with Crippen molar-refractivity contribution >= 4 is 29.0 Å². The second kappa shape index (κ2) is 6.41. The van der Waals surface area contributed by atoms with Gasteiger partial charge in [0.15, 0.2) is 0 Å². The largest absolute Gasteiger partial charge is 0.453 e. The van der Waals surface area contributed by atoms with Crippen molar-refractivity contribution in [1.82, 2.24) is 9.38 Å². The van der Waals surface area contributed by atoms with E-state index >= 15 is 0 Å². The summed E-state index contributed by atoms with van der Waals surface area (Å²) in [5.74, 6) is -0.299. The Hall–Kier alpha value is -3.35. The lowest BCUT2D eigenvalue weighted by Gasteiger charge is -2.06. The van der Waals surface area contributed by atoms with Gasteiger partial charge in [-0.25, -0.2) is 9.78 Å². The number of fused-ring (bicyclic) bond motifs is 1. The molecule has 2 amide bonds. The van der Waals surface area contributed by atoms with E-state index in [1.165, 1.54) is 7.11 Å². The minimum Gasteiger partial charge on any atom is -0.453 e. The number of carbonyl (C=O) groups is 2. The number of ether oxygens (including phenoxy) is 1. The van der Waals surface area contributed by atoms with E-state index in [1.54, 1.807) is 30.5 Å². The maximum Gasteiger partial charge on any atom is 0.411 e. The molecule has 2 aromatic heterocycles. The normalized spacial score (nSPS) is 10.4. The van der Waals surface area contributed by atoms with E-state index < -0.39 is 6.09 Å². The van der Waals surface area contributed by atoms with Crippen LogP contribution in [0.3, 0.4) is 0 Å². The average Bonchev–Trinajstić information content (AvgIpc) is 3.02. The van der Waals surface area contributed by atoms with Crippen LogP contribution in [0.2, 0.25) is 0 Å². The second-order valence-corrected chi connectivity index (χ2v) is 5.17. The van der Waals surface area contributed by atoms with Crippen LogP contribution in [0.25, 0.3) is 5.65 Å². The van der Waals surface area contributed by atoms with Crippen LogP contribution in [0.1, 0.15) is 16.2 Å². The van der Waals surface area contributed by atoms with Crippen molar-refractivity contribution in [2.75, 3.05) is 17.7 Å². The maximum atomic E-state index is 12.3. The molecule has 122 valence electrons. The summed E-state index contributed by atoms with van der Waals surface area (Å²) in [5.41, 5.74) is 3.23. The van der Waals surface area contributed by atoms with Crippen LogP contribution in [0.4, 0.5) is 16.2 Å². The first kappa shape index (κ1) is 15.5. The van der Waals surface area contributed by atoms with Crippen LogP contribution in [-0.2, 0) is 4.74 Å². The molecular formula is C17H16N4O3. The lowest BCUT2D eigenvalue weighted by molar-refractivity contribution is 0.102. The van der Waals surface area contributed by atoms with Gasteiger partial charge in [-0.1, -0.05) is 6.07 Å². The second-order valence-electron chi connectivity index (χ2n) is 5.17. The number of carbonyl (C=O) groups excluding carboxylic acids is 2. The van der Waals surface area contributed by atoms with E-state index in [2.05, 4.69) is 20.4 Å². The SMILES string of the molecule is COC(=O)Nc1ccc(NC(=O)c2cn3c(C)cccc3n2)cc1. The van der Waals surface area contributed by atoms with Crippen LogP contribution >= 0.6 is 0 Å². The number of aryl methyl sites for hydroxylation is 1. The molecule has 0 unspecified atom stereocenters. The maximum absolute atomic E-state index is 12.3. The Bertz CT molecular complexity index is 900. The lowest BCUT2D eigenvalue weighted by Crippen LogP contribution is -2.13. The third-order valence-electron chi connectivity index (χ3n) is 3.50. The third-order valence-corrected chi connectivity index (χ3v) is 3.50. The number of aromatic nitrogens is 2. The number of nitrogens with one attached hydrogen (secondary N) is 2. The van der Waals surface area contributed by atoms with E-state index in [9.17, 15) is 9.59 Å². The number of nitrogens with zero attached hydrogens (tertiary/aromatic N) is 2. The lowest BCUT2D eigenvalue weighted by atomic mass is 10.2. The molecule has 0 aliphatic carbocycles. The number of methoxy groups -OCH3 is 1. The van der Waals surface area contributed by atoms with E-state index in [0.717, 1.165) is 11.3 Å². The van der Waals surface area contributed by atoms with E-state index in [0.29, 0.717) is 17.1 Å². The number of hydrogen-bond donors (Lipinski definition) is 2. The molecule has 2 N–H and O–H groups in total. The van der Waals surface area contributed by atoms with Gasteiger partial charge in [-0.15, -0.1) is 0 Å². The van der Waals surface area contributed by atoms with Crippen LogP contribution < -0.4 is 10.6 Å². The molecule has 0 saturated carbocycles. The molecule has 2 heterocycles. The van der Waals surface area contributed by atoms with Crippen molar-refractivity contribution in [3.05, 3.63) is 60.0 Å². The van der Waals surface area contributed by atoms with Crippen molar-refractivity contribution in [1.29, 1.82) is 0 Å². The van der Waals surface area contributed by atoms with E-state index in [1.807, 2.05) is 29.5 Å². The van der Waals surface area contributed by atoms with E-state index in [4.69, 9.17) is 0 Å². The first-order valence-corrected chi connectivity index (χ1v) is 7.28. The fourth-order valence-corrected chi connectivity index (χ4v) is 2.26. The van der Waals surface area contributed by atoms with Crippen LogP contribution in [-0.4, -0.2) is 28.5 Å². The third kappa shape index (κ3) is 3.19. The summed E-state index contributed by atoms with van der Waals surface area (Å²) in [4.78, 5) is 27.8. The average molecular weight is 324 g/mol. The standard InChI is InChI=1S/C17H16N4O3/c1-11-4-3-5-15-20-14(10-21(11)15)16(22)18-12-6-8-13(9-7-12)19-17(23)24-2/h3-10H,1-2H3,(H,18,22)(H,19,23). The number of pyridine rings is 1. The molecule has 7 nitrogen and oxygen atoms in total. The van der Waals surface area contributed by atoms with Gasteiger partial charge in [0.25, 0.3) is 5.91 Å². The molecular weight excluding hydrogens is 308 g/mol. The van der Waals surface area contributed by atoms with Crippen molar-refractivity contribution in [3.63, 3.8) is 0 Å². The molecule has 24 heavy (non-hydrogen) atoms. The predicted molar refractivity (Wildman–Crippen MR) is 90.4 cm³/mol. The first-order valence-electron chi connectivity index (χ1n) is 7.28. The molecule has 3 aromatic rings. The Labute approximate surface area is 138 Å². The van der Waals surface area contributed by atoms with Crippen LogP contribution in [0, 0.1) is 6.92 Å². The summed E-state index contributed by atoms with van der Waals surface area (Å²) >= 11 is 0. The molecule has 3 rings (SSSR count). The zero-order valence-electron chi connectivity index (χ0n) is 13.2.